The Labute approximate surface area is 76.5 Å². The molecule has 66 valence electrons. The third-order valence-corrected chi connectivity index (χ3v) is 2.32. The van der Waals surface area contributed by atoms with Crippen molar-refractivity contribution < 1.29 is 9.90 Å². The van der Waals surface area contributed by atoms with Crippen molar-refractivity contribution in [3.8, 4) is 0 Å². The van der Waals surface area contributed by atoms with Crippen LogP contribution in [-0.2, 0) is 6.42 Å². The zero-order chi connectivity index (χ0) is 9.26. The van der Waals surface area contributed by atoms with Crippen LogP contribution in [0.2, 0.25) is 0 Å². The molecule has 1 aromatic rings. The molecule has 13 heavy (non-hydrogen) atoms. The van der Waals surface area contributed by atoms with Gasteiger partial charge in [-0.2, -0.15) is 0 Å². The lowest BCUT2D eigenvalue weighted by Crippen LogP contribution is -1.90. The average molecular weight is 174 g/mol. The van der Waals surface area contributed by atoms with Gasteiger partial charge in [-0.15, -0.1) is 0 Å². The molecule has 0 aliphatic heterocycles. The van der Waals surface area contributed by atoms with Gasteiger partial charge in [-0.3, -0.25) is 4.79 Å². The van der Waals surface area contributed by atoms with Crippen LogP contribution in [0.5, 0.6) is 0 Å². The predicted octanol–water partition coefficient (Wildman–Crippen LogP) is 2.34. The molecule has 0 saturated carbocycles. The van der Waals surface area contributed by atoms with Gasteiger partial charge in [0, 0.05) is 12.0 Å². The first-order chi connectivity index (χ1) is 6.31. The minimum absolute atomic E-state index is 0.231. The molecule has 0 amide bonds. The van der Waals surface area contributed by atoms with E-state index in [0.717, 1.165) is 29.4 Å². The van der Waals surface area contributed by atoms with Gasteiger partial charge in [0.1, 0.15) is 0 Å². The van der Waals surface area contributed by atoms with Crippen molar-refractivity contribution in [1.82, 2.24) is 0 Å². The van der Waals surface area contributed by atoms with Crippen LogP contribution in [0, 0.1) is 0 Å². The summed E-state index contributed by atoms with van der Waals surface area (Å²) in [5.41, 5.74) is 2.88. The molecule has 0 fully saturated rings. The molecule has 2 rings (SSSR count). The molecule has 0 spiro atoms. The van der Waals surface area contributed by atoms with Crippen LogP contribution in [0.1, 0.15) is 27.9 Å². The SMILES string of the molecule is O=C1CCc2cc(/C=C\O)ccc21. The maximum Gasteiger partial charge on any atom is 0.163 e. The third-order valence-electron chi connectivity index (χ3n) is 2.32. The molecule has 0 unspecified atom stereocenters. The molecule has 1 N–H and O–H groups in total. The van der Waals surface area contributed by atoms with E-state index in [1.54, 1.807) is 6.08 Å². The fraction of sp³-hybridized carbons (Fsp3) is 0.182. The first-order valence-corrected chi connectivity index (χ1v) is 4.28. The lowest BCUT2D eigenvalue weighted by Gasteiger charge is -1.98. The van der Waals surface area contributed by atoms with Crippen LogP contribution in [0.15, 0.2) is 24.5 Å². The highest BCUT2D eigenvalue weighted by molar-refractivity contribution is 6.00. The summed E-state index contributed by atoms with van der Waals surface area (Å²) in [6.45, 7) is 0. The molecule has 2 heteroatoms. The topological polar surface area (TPSA) is 37.3 Å². The first kappa shape index (κ1) is 8.05. The number of aliphatic hydroxyl groups is 1. The number of Topliss-reactive ketones (excluding diaryl/α,β-unsaturated/α-hetero) is 1. The molecule has 1 aliphatic rings. The maximum atomic E-state index is 11.3. The van der Waals surface area contributed by atoms with Crippen LogP contribution in [0.4, 0.5) is 0 Å². The molecule has 1 aliphatic carbocycles. The Morgan fingerprint density at radius 1 is 1.31 bits per heavy atom. The average Bonchev–Trinajstić information content (AvgIpc) is 2.48. The van der Waals surface area contributed by atoms with Crippen molar-refractivity contribution in [2.24, 2.45) is 0 Å². The van der Waals surface area contributed by atoms with Crippen LogP contribution in [-0.4, -0.2) is 10.9 Å². The minimum atomic E-state index is 0.231. The summed E-state index contributed by atoms with van der Waals surface area (Å²) in [6.07, 6.45) is 4.09. The molecular weight excluding hydrogens is 164 g/mol. The van der Waals surface area contributed by atoms with Crippen LogP contribution >= 0.6 is 0 Å². The van der Waals surface area contributed by atoms with Gasteiger partial charge in [-0.05, 0) is 23.6 Å². The van der Waals surface area contributed by atoms with E-state index in [2.05, 4.69) is 0 Å². The van der Waals surface area contributed by atoms with E-state index in [4.69, 9.17) is 5.11 Å². The summed E-state index contributed by atoms with van der Waals surface area (Å²) < 4.78 is 0. The normalized spacial score (nSPS) is 15.2. The number of carbonyl (C=O) groups is 1. The Morgan fingerprint density at radius 2 is 2.15 bits per heavy atom. The van der Waals surface area contributed by atoms with Gasteiger partial charge in [0.25, 0.3) is 0 Å². The number of hydrogen-bond acceptors (Lipinski definition) is 2. The van der Waals surface area contributed by atoms with E-state index in [1.807, 2.05) is 18.2 Å². The van der Waals surface area contributed by atoms with Crippen molar-refractivity contribution in [2.45, 2.75) is 12.8 Å². The van der Waals surface area contributed by atoms with Crippen LogP contribution in [0.25, 0.3) is 6.08 Å². The highest BCUT2D eigenvalue weighted by Gasteiger charge is 2.18. The largest absolute Gasteiger partial charge is 0.516 e. The van der Waals surface area contributed by atoms with Crippen LogP contribution < -0.4 is 0 Å². The molecule has 0 aromatic heterocycles. The quantitative estimate of drug-likeness (QED) is 0.663. The second-order valence-electron chi connectivity index (χ2n) is 3.16. The maximum absolute atomic E-state index is 11.3. The Morgan fingerprint density at radius 3 is 2.92 bits per heavy atom. The Hall–Kier alpha value is -1.57. The van der Waals surface area contributed by atoms with Gasteiger partial charge >= 0.3 is 0 Å². The zero-order valence-electron chi connectivity index (χ0n) is 7.16. The number of rotatable bonds is 1. The fourth-order valence-corrected chi connectivity index (χ4v) is 1.67. The number of aryl methyl sites for hydroxylation is 1. The molecule has 0 atom stereocenters. The molecular formula is C11H10O2. The summed E-state index contributed by atoms with van der Waals surface area (Å²) in [5, 5.41) is 8.57. The number of hydrogen-bond donors (Lipinski definition) is 1. The predicted molar refractivity (Wildman–Crippen MR) is 50.8 cm³/mol. The van der Waals surface area contributed by atoms with Crippen molar-refractivity contribution in [1.29, 1.82) is 0 Å². The number of carbonyl (C=O) groups excluding carboxylic acids is 1. The minimum Gasteiger partial charge on any atom is -0.516 e. The summed E-state index contributed by atoms with van der Waals surface area (Å²) in [4.78, 5) is 11.3. The summed E-state index contributed by atoms with van der Waals surface area (Å²) in [7, 11) is 0. The number of aliphatic hydroxyl groups excluding tert-OH is 1. The summed E-state index contributed by atoms with van der Waals surface area (Å²) in [6, 6.07) is 5.63. The van der Waals surface area contributed by atoms with E-state index in [0.29, 0.717) is 6.42 Å². The lowest BCUT2D eigenvalue weighted by atomic mass is 10.1. The zero-order valence-corrected chi connectivity index (χ0v) is 7.16. The van der Waals surface area contributed by atoms with Crippen molar-refractivity contribution in [3.63, 3.8) is 0 Å². The van der Waals surface area contributed by atoms with Crippen molar-refractivity contribution in [2.75, 3.05) is 0 Å². The standard InChI is InChI=1S/C11H10O2/c12-6-5-8-1-3-10-9(7-8)2-4-11(10)13/h1,3,5-7,12H,2,4H2/b6-5-. The molecule has 1 aromatic carbocycles. The van der Waals surface area contributed by atoms with Gasteiger partial charge in [0.05, 0.1) is 6.26 Å². The van der Waals surface area contributed by atoms with E-state index in [-0.39, 0.29) is 5.78 Å². The smallest absolute Gasteiger partial charge is 0.163 e. The second kappa shape index (κ2) is 3.05. The van der Waals surface area contributed by atoms with Gasteiger partial charge < -0.3 is 5.11 Å². The lowest BCUT2D eigenvalue weighted by molar-refractivity contribution is 0.0994. The number of benzene rings is 1. The molecule has 0 heterocycles. The molecule has 0 saturated heterocycles. The van der Waals surface area contributed by atoms with Crippen molar-refractivity contribution >= 4 is 11.9 Å². The van der Waals surface area contributed by atoms with E-state index in [1.165, 1.54) is 0 Å². The van der Waals surface area contributed by atoms with E-state index >= 15 is 0 Å². The van der Waals surface area contributed by atoms with Crippen molar-refractivity contribution in [3.05, 3.63) is 41.2 Å². The molecule has 0 radical (unpaired) electrons. The Balaban J connectivity index is 2.45. The fourth-order valence-electron chi connectivity index (χ4n) is 1.67. The Bertz CT molecular complexity index is 378. The monoisotopic (exact) mass is 174 g/mol. The summed E-state index contributed by atoms with van der Waals surface area (Å²) in [5.74, 6) is 0.231. The number of fused-ring (bicyclic) bond motifs is 1. The highest BCUT2D eigenvalue weighted by Crippen LogP contribution is 2.23. The third kappa shape index (κ3) is 1.35. The molecule has 0 bridgehead atoms. The van der Waals surface area contributed by atoms with E-state index < -0.39 is 0 Å². The summed E-state index contributed by atoms with van der Waals surface area (Å²) >= 11 is 0. The highest BCUT2D eigenvalue weighted by atomic mass is 16.2. The van der Waals surface area contributed by atoms with Gasteiger partial charge in [-0.25, -0.2) is 0 Å². The Kier molecular flexibility index (Phi) is 1.89. The van der Waals surface area contributed by atoms with Crippen LogP contribution in [0.3, 0.4) is 0 Å². The van der Waals surface area contributed by atoms with Gasteiger partial charge in [0.15, 0.2) is 5.78 Å². The number of ketones is 1. The molecule has 2 nitrogen and oxygen atoms in total. The van der Waals surface area contributed by atoms with E-state index in [9.17, 15) is 4.79 Å². The second-order valence-corrected chi connectivity index (χ2v) is 3.16. The first-order valence-electron chi connectivity index (χ1n) is 4.28. The van der Waals surface area contributed by atoms with Gasteiger partial charge in [0.2, 0.25) is 0 Å². The van der Waals surface area contributed by atoms with Gasteiger partial charge in [-0.1, -0.05) is 18.2 Å².